The van der Waals surface area contributed by atoms with Crippen LogP contribution in [0.15, 0.2) is 107 Å². The van der Waals surface area contributed by atoms with Crippen LogP contribution in [0, 0.1) is 0 Å². The predicted molar refractivity (Wildman–Crippen MR) is 171 cm³/mol. The number of pyridine rings is 1. The maximum atomic E-state index is 6.34. The summed E-state index contributed by atoms with van der Waals surface area (Å²) in [5.74, 6) is 0.548. The minimum Gasteiger partial charge on any atom is -0.436 e. The molecule has 0 aliphatic rings. The van der Waals surface area contributed by atoms with E-state index in [9.17, 15) is 0 Å². The molecule has 0 saturated heterocycles. The minimum atomic E-state index is 0.0389. The van der Waals surface area contributed by atoms with Gasteiger partial charge in [-0.15, -0.1) is 0 Å². The largest absolute Gasteiger partial charge is 0.436 e. The molecular formula is C37H35N3O. The van der Waals surface area contributed by atoms with Gasteiger partial charge in [-0.05, 0) is 63.2 Å². The molecule has 6 rings (SSSR count). The van der Waals surface area contributed by atoms with Gasteiger partial charge in [-0.2, -0.15) is 0 Å². The van der Waals surface area contributed by atoms with Gasteiger partial charge in [0, 0.05) is 35.1 Å². The van der Waals surface area contributed by atoms with Crippen LogP contribution >= 0.6 is 0 Å². The number of aliphatic imine (C=N–C) groups is 1. The Balaban J connectivity index is 1.43. The van der Waals surface area contributed by atoms with Crippen LogP contribution in [0.4, 0.5) is 5.69 Å². The third-order valence-corrected chi connectivity index (χ3v) is 7.55. The van der Waals surface area contributed by atoms with E-state index in [1.54, 1.807) is 0 Å². The number of rotatable bonds is 4. The highest BCUT2D eigenvalue weighted by molar-refractivity contribution is 6.03. The van der Waals surface area contributed by atoms with Gasteiger partial charge in [-0.25, -0.2) is 4.98 Å². The molecule has 4 aromatic carbocycles. The lowest BCUT2D eigenvalue weighted by Crippen LogP contribution is -2.17. The van der Waals surface area contributed by atoms with Crippen molar-refractivity contribution in [2.75, 3.05) is 0 Å². The van der Waals surface area contributed by atoms with Crippen molar-refractivity contribution in [1.29, 1.82) is 0 Å². The first-order valence-corrected chi connectivity index (χ1v) is 14.1. The third-order valence-electron chi connectivity index (χ3n) is 7.55. The van der Waals surface area contributed by atoms with Crippen LogP contribution in [0.25, 0.3) is 44.5 Å². The van der Waals surface area contributed by atoms with E-state index in [4.69, 9.17) is 14.4 Å². The average Bonchev–Trinajstić information content (AvgIpc) is 3.39. The Labute approximate surface area is 241 Å². The molecule has 0 aliphatic heterocycles. The number of fused-ring (bicyclic) bond motifs is 2. The molecule has 0 amide bonds. The summed E-state index contributed by atoms with van der Waals surface area (Å²) in [4.78, 5) is 14.5. The Kier molecular flexibility index (Phi) is 6.57. The van der Waals surface area contributed by atoms with Crippen LogP contribution in [-0.4, -0.2) is 16.2 Å². The van der Waals surface area contributed by atoms with Crippen molar-refractivity contribution < 1.29 is 4.42 Å². The first-order valence-electron chi connectivity index (χ1n) is 14.1. The van der Waals surface area contributed by atoms with Gasteiger partial charge < -0.3 is 4.42 Å². The van der Waals surface area contributed by atoms with Crippen LogP contribution in [0.2, 0.25) is 0 Å². The fourth-order valence-corrected chi connectivity index (χ4v) is 5.12. The molecule has 0 atom stereocenters. The zero-order valence-corrected chi connectivity index (χ0v) is 24.6. The zero-order chi connectivity index (χ0) is 28.8. The number of benzene rings is 4. The van der Waals surface area contributed by atoms with E-state index >= 15 is 0 Å². The lowest BCUT2D eigenvalue weighted by atomic mass is 9.79. The summed E-state index contributed by atoms with van der Waals surface area (Å²) < 4.78 is 6.34. The van der Waals surface area contributed by atoms with Crippen LogP contribution < -0.4 is 0 Å². The summed E-state index contributed by atoms with van der Waals surface area (Å²) in [6.45, 7) is 13.5. The van der Waals surface area contributed by atoms with Gasteiger partial charge in [0.2, 0.25) is 5.89 Å². The van der Waals surface area contributed by atoms with Gasteiger partial charge in [0.1, 0.15) is 5.52 Å². The van der Waals surface area contributed by atoms with Gasteiger partial charge in [0.05, 0.1) is 11.3 Å². The average molecular weight is 538 g/mol. The third kappa shape index (κ3) is 5.30. The zero-order valence-electron chi connectivity index (χ0n) is 24.6. The second-order valence-corrected chi connectivity index (χ2v) is 12.7. The number of oxazole rings is 1. The molecule has 0 unspecified atom stereocenters. The van der Waals surface area contributed by atoms with Crippen molar-refractivity contribution >= 4 is 33.8 Å². The number of hydrogen-bond donors (Lipinski definition) is 0. The molecular weight excluding hydrogens is 502 g/mol. The molecule has 0 N–H and O–H groups in total. The minimum absolute atomic E-state index is 0.0389. The standard InChI is InChI=1S/C37H35N3O/c1-36(2,3)26-18-24(19-27(20-26)37(4,5)6)21-39-32-16-10-9-14-30(32)35-40-34-29(15-11-17-33(34)41-35)31-23-38-22-25-12-7-8-13-28(25)31/h7-23H,1-6H3. The summed E-state index contributed by atoms with van der Waals surface area (Å²) >= 11 is 0. The molecule has 2 heterocycles. The monoisotopic (exact) mass is 537 g/mol. The highest BCUT2D eigenvalue weighted by Crippen LogP contribution is 2.37. The smallest absolute Gasteiger partial charge is 0.229 e. The predicted octanol–water partition coefficient (Wildman–Crippen LogP) is 10.1. The Morgan fingerprint density at radius 3 is 2.12 bits per heavy atom. The Hall–Kier alpha value is -4.57. The van der Waals surface area contributed by atoms with Gasteiger partial charge in [0.15, 0.2) is 5.58 Å². The second-order valence-electron chi connectivity index (χ2n) is 12.7. The second kappa shape index (κ2) is 10.1. The number of aromatic nitrogens is 2. The Morgan fingerprint density at radius 2 is 1.37 bits per heavy atom. The fourth-order valence-electron chi connectivity index (χ4n) is 5.12. The van der Waals surface area contributed by atoms with Crippen LogP contribution in [0.3, 0.4) is 0 Å². The number of nitrogens with zero attached hydrogens (tertiary/aromatic N) is 3. The van der Waals surface area contributed by atoms with Crippen LogP contribution in [0.5, 0.6) is 0 Å². The maximum absolute atomic E-state index is 6.34. The van der Waals surface area contributed by atoms with E-state index in [0.29, 0.717) is 5.89 Å². The van der Waals surface area contributed by atoms with Crippen molar-refractivity contribution in [3.63, 3.8) is 0 Å². The Morgan fingerprint density at radius 1 is 0.683 bits per heavy atom. The lowest BCUT2D eigenvalue weighted by molar-refractivity contribution is 0.568. The van der Waals surface area contributed by atoms with Crippen molar-refractivity contribution in [2.45, 2.75) is 52.4 Å². The summed E-state index contributed by atoms with van der Waals surface area (Å²) in [7, 11) is 0. The van der Waals surface area contributed by atoms with Gasteiger partial charge in [-0.3, -0.25) is 9.98 Å². The highest BCUT2D eigenvalue weighted by Gasteiger charge is 2.21. The highest BCUT2D eigenvalue weighted by atomic mass is 16.3. The molecule has 0 bridgehead atoms. The maximum Gasteiger partial charge on any atom is 0.229 e. The first kappa shape index (κ1) is 26.6. The normalized spacial score (nSPS) is 12.5. The van der Waals surface area contributed by atoms with Gasteiger partial charge in [-0.1, -0.05) is 96.1 Å². The van der Waals surface area contributed by atoms with Crippen molar-refractivity contribution in [3.8, 4) is 22.6 Å². The number of hydrogen-bond acceptors (Lipinski definition) is 4. The van der Waals surface area contributed by atoms with Crippen molar-refractivity contribution in [2.24, 2.45) is 4.99 Å². The first-order chi connectivity index (χ1) is 19.6. The topological polar surface area (TPSA) is 51.3 Å². The van der Waals surface area contributed by atoms with E-state index in [2.05, 4.69) is 89.0 Å². The summed E-state index contributed by atoms with van der Waals surface area (Å²) in [5, 5.41) is 2.23. The molecule has 204 valence electrons. The molecule has 0 fully saturated rings. The summed E-state index contributed by atoms with van der Waals surface area (Å²) in [6.07, 6.45) is 5.75. The molecule has 41 heavy (non-hydrogen) atoms. The van der Waals surface area contributed by atoms with Gasteiger partial charge in [0.25, 0.3) is 0 Å². The molecule has 4 heteroatoms. The lowest BCUT2D eigenvalue weighted by Gasteiger charge is -2.25. The molecule has 0 spiro atoms. The summed E-state index contributed by atoms with van der Waals surface area (Å²) in [5.41, 5.74) is 9.00. The van der Waals surface area contributed by atoms with E-state index < -0.39 is 0 Å². The molecule has 4 nitrogen and oxygen atoms in total. The molecule has 2 aromatic heterocycles. The van der Waals surface area contributed by atoms with E-state index in [1.807, 2.05) is 61.1 Å². The number of para-hydroxylation sites is 2. The van der Waals surface area contributed by atoms with Crippen LogP contribution in [0.1, 0.15) is 58.2 Å². The SMILES string of the molecule is CC(C)(C)c1cc(C=Nc2ccccc2-c2nc3c(-c4cncc5ccccc45)cccc3o2)cc(C(C)(C)C)c1. The van der Waals surface area contributed by atoms with Gasteiger partial charge >= 0.3 is 0 Å². The Bertz CT molecular complexity index is 1880. The van der Waals surface area contributed by atoms with E-state index in [0.717, 1.165) is 49.8 Å². The summed E-state index contributed by atoms with van der Waals surface area (Å²) in [6, 6.07) is 29.2. The molecule has 6 aromatic rings. The van der Waals surface area contributed by atoms with Crippen molar-refractivity contribution in [3.05, 3.63) is 114 Å². The fraction of sp³-hybridized carbons (Fsp3) is 0.216. The van der Waals surface area contributed by atoms with Crippen LogP contribution in [-0.2, 0) is 10.8 Å². The van der Waals surface area contributed by atoms with E-state index in [1.165, 1.54) is 11.1 Å². The van der Waals surface area contributed by atoms with E-state index in [-0.39, 0.29) is 10.8 Å². The van der Waals surface area contributed by atoms with Crippen molar-refractivity contribution in [1.82, 2.24) is 9.97 Å². The molecule has 0 saturated carbocycles. The molecule has 0 aliphatic carbocycles. The molecule has 0 radical (unpaired) electrons. The quantitative estimate of drug-likeness (QED) is 0.210.